The largest absolute Gasteiger partial charge is 2.00 e. The smallest absolute Gasteiger partial charge is 0.375 e. The zero-order valence-electron chi connectivity index (χ0n) is 12.9. The van der Waals surface area contributed by atoms with Crippen molar-refractivity contribution in [2.24, 2.45) is 5.41 Å². The van der Waals surface area contributed by atoms with E-state index in [2.05, 4.69) is 24.2 Å². The number of aromatic nitrogens is 3. The number of ketones is 1. The molecular weight excluding hydrogens is 426 g/mol. The van der Waals surface area contributed by atoms with Gasteiger partial charge in [-0.3, -0.25) is 9.48 Å². The summed E-state index contributed by atoms with van der Waals surface area (Å²) >= 11 is 0. The van der Waals surface area contributed by atoms with Gasteiger partial charge in [0.25, 0.3) is 0 Å². The molecule has 0 atom stereocenters. The Morgan fingerprint density at radius 1 is 1.40 bits per heavy atom. The molecular formula is C14H25N3O2W. The minimum atomic E-state index is -0.291. The van der Waals surface area contributed by atoms with Crippen LogP contribution in [-0.2, 0) is 43.7 Å². The summed E-state index contributed by atoms with van der Waals surface area (Å²) < 4.78 is 7.02. The van der Waals surface area contributed by atoms with E-state index >= 15 is 0 Å². The number of hydrogen-bond donors (Lipinski definition) is 0. The van der Waals surface area contributed by atoms with Gasteiger partial charge in [0.2, 0.25) is 0 Å². The van der Waals surface area contributed by atoms with Gasteiger partial charge >= 0.3 is 21.1 Å². The number of carbonyl (C=O) groups is 1. The number of hydrogen-bond acceptors (Lipinski definition) is 4. The molecule has 20 heavy (non-hydrogen) atoms. The Morgan fingerprint density at radius 2 is 2.00 bits per heavy atom. The standard InChI is InChI=1S/C12H20N3O2.C2H5.W/c1-5-15-8-10(13-14-15)9-17-7-6-11(16)12(2,3)4;1-2;/h8H,1,5-7,9H2,2-4H3;1H2,2H3;/q2*-1;+2. The van der Waals surface area contributed by atoms with Crippen LogP contribution in [0.1, 0.15) is 39.8 Å². The molecule has 0 amide bonds. The minimum Gasteiger partial charge on any atom is -0.375 e. The summed E-state index contributed by atoms with van der Waals surface area (Å²) in [4.78, 5) is 11.6. The van der Waals surface area contributed by atoms with Gasteiger partial charge in [-0.05, 0) is 0 Å². The van der Waals surface area contributed by atoms with Crippen molar-refractivity contribution in [1.29, 1.82) is 0 Å². The third kappa shape index (κ3) is 8.59. The van der Waals surface area contributed by atoms with E-state index < -0.39 is 0 Å². The van der Waals surface area contributed by atoms with Crippen molar-refractivity contribution in [1.82, 2.24) is 15.0 Å². The number of Topliss-reactive ketones (excluding diaryl/α,β-unsaturated/α-hetero) is 1. The Labute approximate surface area is 136 Å². The van der Waals surface area contributed by atoms with E-state index in [0.29, 0.717) is 26.2 Å². The van der Waals surface area contributed by atoms with Crippen LogP contribution in [0, 0.1) is 19.3 Å². The molecule has 0 radical (unpaired) electrons. The van der Waals surface area contributed by atoms with E-state index in [-0.39, 0.29) is 32.3 Å². The van der Waals surface area contributed by atoms with Crippen LogP contribution in [0.3, 0.4) is 0 Å². The zero-order chi connectivity index (χ0) is 14.9. The molecule has 0 aliphatic carbocycles. The van der Waals surface area contributed by atoms with E-state index in [9.17, 15) is 4.79 Å². The predicted molar refractivity (Wildman–Crippen MR) is 75.1 cm³/mol. The first-order valence-electron chi connectivity index (χ1n) is 6.43. The van der Waals surface area contributed by atoms with E-state index in [4.69, 9.17) is 4.74 Å². The molecule has 0 spiro atoms. The fourth-order valence-corrected chi connectivity index (χ4v) is 1.23. The van der Waals surface area contributed by atoms with Crippen molar-refractivity contribution in [2.75, 3.05) is 6.61 Å². The summed E-state index contributed by atoms with van der Waals surface area (Å²) in [5.41, 5.74) is 0.470. The average molecular weight is 451 g/mol. The van der Waals surface area contributed by atoms with Gasteiger partial charge in [0.05, 0.1) is 13.2 Å². The van der Waals surface area contributed by atoms with Crippen molar-refractivity contribution in [2.45, 2.75) is 47.3 Å². The van der Waals surface area contributed by atoms with Crippen molar-refractivity contribution < 1.29 is 30.6 Å². The summed E-state index contributed by atoms with van der Waals surface area (Å²) in [6.45, 7) is 15.8. The fraction of sp³-hybridized carbons (Fsp3) is 0.643. The fourth-order valence-electron chi connectivity index (χ4n) is 1.23. The van der Waals surface area contributed by atoms with Crippen molar-refractivity contribution in [3.05, 3.63) is 25.7 Å². The SMILES string of the molecule is [CH2-]C.[CH2-]Cn1cc(COCCC(=O)C(C)(C)C)nn1.[W+2]. The Bertz CT molecular complexity index is 373. The molecule has 5 nitrogen and oxygen atoms in total. The van der Waals surface area contributed by atoms with Crippen molar-refractivity contribution >= 4 is 5.78 Å². The quantitative estimate of drug-likeness (QED) is 0.493. The first-order valence-corrected chi connectivity index (χ1v) is 6.43. The Kier molecular flexibility index (Phi) is 12.1. The zero-order valence-corrected chi connectivity index (χ0v) is 15.8. The molecule has 1 heterocycles. The van der Waals surface area contributed by atoms with Crippen LogP contribution in [0.15, 0.2) is 6.20 Å². The summed E-state index contributed by atoms with van der Waals surface area (Å²) in [5, 5.41) is 7.76. The van der Waals surface area contributed by atoms with E-state index in [1.165, 1.54) is 0 Å². The monoisotopic (exact) mass is 451 g/mol. The summed E-state index contributed by atoms with van der Waals surface area (Å²) in [7, 11) is 0. The number of carbonyl (C=O) groups excluding carboxylic acids is 1. The van der Waals surface area contributed by atoms with Crippen LogP contribution in [0.2, 0.25) is 0 Å². The summed E-state index contributed by atoms with van der Waals surface area (Å²) in [5.74, 6) is 0.207. The van der Waals surface area contributed by atoms with Gasteiger partial charge in [0.15, 0.2) is 0 Å². The Hall–Kier alpha value is -0.542. The molecule has 6 heteroatoms. The maximum atomic E-state index is 11.6. The van der Waals surface area contributed by atoms with Crippen molar-refractivity contribution in [3.63, 3.8) is 0 Å². The molecule has 1 rings (SSSR count). The van der Waals surface area contributed by atoms with Crippen LogP contribution >= 0.6 is 0 Å². The predicted octanol–water partition coefficient (Wildman–Crippen LogP) is 2.47. The molecule has 0 fully saturated rings. The molecule has 0 saturated carbocycles. The van der Waals surface area contributed by atoms with E-state index in [1.54, 1.807) is 17.8 Å². The Balaban J connectivity index is 0. The van der Waals surface area contributed by atoms with Crippen LogP contribution in [0.5, 0.6) is 0 Å². The van der Waals surface area contributed by atoms with Gasteiger partial charge in [-0.1, -0.05) is 32.5 Å². The maximum absolute atomic E-state index is 11.6. The molecule has 0 aromatic carbocycles. The molecule has 114 valence electrons. The van der Waals surface area contributed by atoms with Gasteiger partial charge < -0.3 is 18.6 Å². The molecule has 0 aliphatic heterocycles. The maximum Gasteiger partial charge on any atom is 2.00 e. The molecule has 0 saturated heterocycles. The number of ether oxygens (including phenoxy) is 1. The van der Waals surface area contributed by atoms with Gasteiger partial charge in [-0.25, -0.2) is 0 Å². The Morgan fingerprint density at radius 3 is 2.45 bits per heavy atom. The van der Waals surface area contributed by atoms with Gasteiger partial charge in [-0.15, -0.1) is 5.10 Å². The topological polar surface area (TPSA) is 57.0 Å². The second kappa shape index (κ2) is 11.2. The molecule has 1 aromatic heterocycles. The first kappa shape index (κ1) is 21.8. The van der Waals surface area contributed by atoms with Crippen LogP contribution in [-0.4, -0.2) is 27.4 Å². The molecule has 0 bridgehead atoms. The van der Waals surface area contributed by atoms with Gasteiger partial charge in [0, 0.05) is 18.0 Å². The molecule has 0 unspecified atom stereocenters. The third-order valence-corrected chi connectivity index (χ3v) is 2.38. The molecule has 0 aliphatic rings. The van der Waals surface area contributed by atoms with E-state index in [1.807, 2.05) is 20.8 Å². The number of nitrogens with zero attached hydrogens (tertiary/aromatic N) is 3. The molecule has 1 aromatic rings. The third-order valence-electron chi connectivity index (χ3n) is 2.38. The van der Waals surface area contributed by atoms with E-state index in [0.717, 1.165) is 5.69 Å². The van der Waals surface area contributed by atoms with Crippen LogP contribution in [0.25, 0.3) is 0 Å². The summed E-state index contributed by atoms with van der Waals surface area (Å²) in [6, 6.07) is 0. The van der Waals surface area contributed by atoms with Crippen molar-refractivity contribution in [3.8, 4) is 0 Å². The average Bonchev–Trinajstić information content (AvgIpc) is 2.83. The summed E-state index contributed by atoms with van der Waals surface area (Å²) in [6.07, 6.45) is 2.23. The van der Waals surface area contributed by atoms with Gasteiger partial charge in [0.1, 0.15) is 11.5 Å². The second-order valence-corrected chi connectivity index (χ2v) is 4.95. The molecule has 0 N–H and O–H groups in total. The van der Waals surface area contributed by atoms with Crippen LogP contribution in [0.4, 0.5) is 0 Å². The van der Waals surface area contributed by atoms with Gasteiger partial charge in [-0.2, -0.15) is 6.92 Å². The minimum absolute atomic E-state index is 0. The van der Waals surface area contributed by atoms with Crippen LogP contribution < -0.4 is 0 Å². The number of rotatable bonds is 6. The first-order chi connectivity index (χ1) is 8.93. The normalized spacial score (nSPS) is 10.3. The second-order valence-electron chi connectivity index (χ2n) is 4.95.